The summed E-state index contributed by atoms with van der Waals surface area (Å²) in [6, 6.07) is 1.85. The van der Waals surface area contributed by atoms with Crippen molar-refractivity contribution in [3.63, 3.8) is 0 Å². The second-order valence-electron chi connectivity index (χ2n) is 3.35. The van der Waals surface area contributed by atoms with E-state index in [9.17, 15) is 9.59 Å². The van der Waals surface area contributed by atoms with Crippen LogP contribution in [0.25, 0.3) is 0 Å². The topological polar surface area (TPSA) is 76.4 Å². The number of carbonyl (C=O) groups excluding carboxylic acids is 2. The lowest BCUT2D eigenvalue weighted by Crippen LogP contribution is -2.25. The molecule has 0 spiro atoms. The Labute approximate surface area is 95.3 Å². The monoisotopic (exact) mass is 227 g/mol. The number of hydrogen-bond acceptors (Lipinski definition) is 5. The lowest BCUT2D eigenvalue weighted by molar-refractivity contribution is -0.149. The van der Waals surface area contributed by atoms with E-state index in [1.165, 1.54) is 0 Å². The molecule has 5 nitrogen and oxygen atoms in total. The van der Waals surface area contributed by atoms with Crippen molar-refractivity contribution in [2.24, 2.45) is 11.8 Å². The highest BCUT2D eigenvalue weighted by atomic mass is 16.5. The van der Waals surface area contributed by atoms with Crippen LogP contribution >= 0.6 is 0 Å². The average Bonchev–Trinajstić information content (AvgIpc) is 2.19. The summed E-state index contributed by atoms with van der Waals surface area (Å²) in [4.78, 5) is 22.5. The van der Waals surface area contributed by atoms with Gasteiger partial charge in [-0.25, -0.2) is 0 Å². The minimum Gasteiger partial charge on any atom is -0.466 e. The zero-order valence-corrected chi connectivity index (χ0v) is 9.86. The maximum absolute atomic E-state index is 11.4. The van der Waals surface area contributed by atoms with Crippen molar-refractivity contribution in [3.05, 3.63) is 0 Å². The highest BCUT2D eigenvalue weighted by Crippen LogP contribution is 2.17. The number of hydrogen-bond donors (Lipinski definition) is 0. The number of carbonyl (C=O) groups is 2. The van der Waals surface area contributed by atoms with Gasteiger partial charge in [-0.2, -0.15) is 5.26 Å². The van der Waals surface area contributed by atoms with Gasteiger partial charge in [-0.3, -0.25) is 9.59 Å². The SMILES string of the molecule is CCOC(=O)C[C@@H](C)[C@@H](C#N)C(=O)OCC. The third-order valence-electron chi connectivity index (χ3n) is 2.04. The highest BCUT2D eigenvalue weighted by Gasteiger charge is 2.28. The van der Waals surface area contributed by atoms with E-state index in [0.29, 0.717) is 6.61 Å². The van der Waals surface area contributed by atoms with E-state index in [1.54, 1.807) is 20.8 Å². The van der Waals surface area contributed by atoms with Gasteiger partial charge in [0.2, 0.25) is 0 Å². The van der Waals surface area contributed by atoms with Crippen LogP contribution < -0.4 is 0 Å². The van der Waals surface area contributed by atoms with E-state index in [2.05, 4.69) is 0 Å². The Morgan fingerprint density at radius 3 is 2.25 bits per heavy atom. The van der Waals surface area contributed by atoms with Crippen molar-refractivity contribution in [3.8, 4) is 6.07 Å². The molecular formula is C11H17NO4. The number of ether oxygens (including phenoxy) is 2. The molecule has 0 saturated carbocycles. The summed E-state index contributed by atoms with van der Waals surface area (Å²) in [5, 5.41) is 8.83. The van der Waals surface area contributed by atoms with Crippen LogP contribution in [0.2, 0.25) is 0 Å². The first kappa shape index (κ1) is 14.4. The largest absolute Gasteiger partial charge is 0.466 e. The van der Waals surface area contributed by atoms with Crippen molar-refractivity contribution in [1.82, 2.24) is 0 Å². The first-order valence-corrected chi connectivity index (χ1v) is 5.28. The molecule has 0 heterocycles. The van der Waals surface area contributed by atoms with E-state index >= 15 is 0 Å². The minimum absolute atomic E-state index is 0.0465. The smallest absolute Gasteiger partial charge is 0.323 e. The molecular weight excluding hydrogens is 210 g/mol. The summed E-state index contributed by atoms with van der Waals surface area (Å²) in [5.74, 6) is -2.30. The number of esters is 2. The quantitative estimate of drug-likeness (QED) is 0.639. The first-order valence-electron chi connectivity index (χ1n) is 5.28. The normalized spacial score (nSPS) is 13.4. The fourth-order valence-corrected chi connectivity index (χ4v) is 1.24. The second kappa shape index (κ2) is 7.69. The Hall–Kier alpha value is -1.57. The van der Waals surface area contributed by atoms with Gasteiger partial charge in [0.05, 0.1) is 19.3 Å². The molecule has 0 aromatic rings. The fourth-order valence-electron chi connectivity index (χ4n) is 1.24. The van der Waals surface area contributed by atoms with E-state index in [0.717, 1.165) is 0 Å². The number of nitrogens with zero attached hydrogens (tertiary/aromatic N) is 1. The maximum Gasteiger partial charge on any atom is 0.323 e. The maximum atomic E-state index is 11.4. The Morgan fingerprint density at radius 2 is 1.81 bits per heavy atom. The van der Waals surface area contributed by atoms with Crippen LogP contribution in [-0.4, -0.2) is 25.2 Å². The summed E-state index contributed by atoms with van der Waals surface area (Å²) >= 11 is 0. The standard InChI is InChI=1S/C11H17NO4/c1-4-15-10(13)6-8(3)9(7-12)11(14)16-5-2/h8-9H,4-6H2,1-3H3/t8-,9-/m1/s1. The summed E-state index contributed by atoms with van der Waals surface area (Å²) in [6.07, 6.45) is 0.0465. The van der Waals surface area contributed by atoms with Crippen molar-refractivity contribution in [1.29, 1.82) is 5.26 Å². The lowest BCUT2D eigenvalue weighted by Gasteiger charge is -2.15. The third-order valence-corrected chi connectivity index (χ3v) is 2.04. The molecule has 0 rings (SSSR count). The van der Waals surface area contributed by atoms with Crippen LogP contribution in [0.4, 0.5) is 0 Å². The minimum atomic E-state index is -0.913. The third kappa shape index (κ3) is 4.78. The summed E-state index contributed by atoms with van der Waals surface area (Å²) in [7, 11) is 0. The molecule has 0 aliphatic carbocycles. The molecule has 0 aliphatic rings. The molecule has 2 atom stereocenters. The first-order chi connectivity index (χ1) is 7.56. The number of rotatable bonds is 6. The molecule has 16 heavy (non-hydrogen) atoms. The Bertz CT molecular complexity index is 282. The molecule has 0 saturated heterocycles. The summed E-state index contributed by atoms with van der Waals surface area (Å²) in [6.45, 7) is 5.55. The van der Waals surface area contributed by atoms with E-state index in [-0.39, 0.29) is 13.0 Å². The van der Waals surface area contributed by atoms with Crippen LogP contribution in [0.1, 0.15) is 27.2 Å². The van der Waals surface area contributed by atoms with Gasteiger partial charge in [0, 0.05) is 6.42 Å². The Kier molecular flexibility index (Phi) is 6.93. The van der Waals surface area contributed by atoms with Crippen LogP contribution in [0.3, 0.4) is 0 Å². The van der Waals surface area contributed by atoms with E-state index in [1.807, 2.05) is 6.07 Å². The van der Waals surface area contributed by atoms with Gasteiger partial charge < -0.3 is 9.47 Å². The van der Waals surface area contributed by atoms with Crippen molar-refractivity contribution in [2.45, 2.75) is 27.2 Å². The van der Waals surface area contributed by atoms with Gasteiger partial charge in [0.15, 0.2) is 0 Å². The second-order valence-corrected chi connectivity index (χ2v) is 3.35. The van der Waals surface area contributed by atoms with E-state index in [4.69, 9.17) is 14.7 Å². The zero-order chi connectivity index (χ0) is 12.6. The molecule has 0 N–H and O–H groups in total. The molecule has 0 aromatic carbocycles. The van der Waals surface area contributed by atoms with Crippen LogP contribution in [0, 0.1) is 23.2 Å². The Morgan fingerprint density at radius 1 is 1.25 bits per heavy atom. The molecule has 0 radical (unpaired) electrons. The summed E-state index contributed by atoms with van der Waals surface area (Å²) in [5.41, 5.74) is 0. The van der Waals surface area contributed by atoms with Gasteiger partial charge in [0.25, 0.3) is 0 Å². The zero-order valence-electron chi connectivity index (χ0n) is 9.86. The molecule has 5 heteroatoms. The van der Waals surface area contributed by atoms with Crippen molar-refractivity contribution in [2.75, 3.05) is 13.2 Å². The molecule has 0 amide bonds. The molecule has 90 valence electrons. The van der Waals surface area contributed by atoms with Crippen molar-refractivity contribution < 1.29 is 19.1 Å². The molecule has 0 aliphatic heterocycles. The molecule has 0 unspecified atom stereocenters. The van der Waals surface area contributed by atoms with Gasteiger partial charge in [0.1, 0.15) is 5.92 Å². The van der Waals surface area contributed by atoms with Gasteiger partial charge in [-0.1, -0.05) is 6.92 Å². The van der Waals surface area contributed by atoms with Gasteiger partial charge >= 0.3 is 11.9 Å². The molecule has 0 fully saturated rings. The average molecular weight is 227 g/mol. The highest BCUT2D eigenvalue weighted by molar-refractivity contribution is 5.77. The molecule has 0 bridgehead atoms. The van der Waals surface area contributed by atoms with Gasteiger partial charge in [-0.15, -0.1) is 0 Å². The predicted molar refractivity (Wildman–Crippen MR) is 56.2 cm³/mol. The van der Waals surface area contributed by atoms with E-state index < -0.39 is 23.8 Å². The van der Waals surface area contributed by atoms with Crippen molar-refractivity contribution >= 4 is 11.9 Å². The number of nitriles is 1. The van der Waals surface area contributed by atoms with Crippen LogP contribution in [0.15, 0.2) is 0 Å². The molecule has 0 aromatic heterocycles. The van der Waals surface area contributed by atoms with Crippen LogP contribution in [-0.2, 0) is 19.1 Å². The fraction of sp³-hybridized carbons (Fsp3) is 0.727. The summed E-state index contributed by atoms with van der Waals surface area (Å²) < 4.78 is 9.49. The lowest BCUT2D eigenvalue weighted by atomic mass is 9.92. The predicted octanol–water partition coefficient (Wildman–Crippen LogP) is 1.28. The van der Waals surface area contributed by atoms with Gasteiger partial charge in [-0.05, 0) is 19.8 Å². The van der Waals surface area contributed by atoms with Crippen LogP contribution in [0.5, 0.6) is 0 Å². The Balaban J connectivity index is 4.32.